The molecule has 3 heteroatoms. The molecule has 3 nitrogen and oxygen atoms in total. The van der Waals surface area contributed by atoms with Crippen molar-refractivity contribution in [3.63, 3.8) is 0 Å². The van der Waals surface area contributed by atoms with E-state index < -0.39 is 0 Å². The highest BCUT2D eigenvalue weighted by molar-refractivity contribution is 5.04. The van der Waals surface area contributed by atoms with Gasteiger partial charge in [0.15, 0.2) is 0 Å². The summed E-state index contributed by atoms with van der Waals surface area (Å²) in [6, 6.07) is 2.63. The van der Waals surface area contributed by atoms with Gasteiger partial charge in [0.25, 0.3) is 0 Å². The molecule has 1 rings (SSSR count). The zero-order chi connectivity index (χ0) is 13.6. The maximum atomic E-state index is 5.09. The van der Waals surface area contributed by atoms with Gasteiger partial charge in [-0.05, 0) is 60.2 Å². The Balaban J connectivity index is 2.18. The number of rotatable bonds is 7. The molecule has 0 fully saturated rings. The molecule has 1 N–H and O–H groups in total. The Morgan fingerprint density at radius 3 is 2.67 bits per heavy atom. The molecule has 1 aromatic heterocycles. The highest BCUT2D eigenvalue weighted by Crippen LogP contribution is 2.10. The zero-order valence-corrected chi connectivity index (χ0v) is 12.5. The van der Waals surface area contributed by atoms with Gasteiger partial charge in [-0.2, -0.15) is 0 Å². The lowest BCUT2D eigenvalue weighted by Crippen LogP contribution is -2.37. The van der Waals surface area contributed by atoms with Crippen molar-refractivity contribution in [3.8, 4) is 0 Å². The van der Waals surface area contributed by atoms with Gasteiger partial charge in [0.2, 0.25) is 0 Å². The summed E-state index contributed by atoms with van der Waals surface area (Å²) >= 11 is 0. The summed E-state index contributed by atoms with van der Waals surface area (Å²) in [6.07, 6.45) is 6.00. The molecule has 0 saturated carbocycles. The molecular formula is C15H28N2O. The van der Waals surface area contributed by atoms with Crippen LogP contribution in [0.15, 0.2) is 23.0 Å². The minimum absolute atomic E-state index is 0.228. The number of hydrogen-bond donors (Lipinski definition) is 1. The molecule has 0 aliphatic carbocycles. The van der Waals surface area contributed by atoms with Crippen molar-refractivity contribution in [1.82, 2.24) is 10.2 Å². The first-order valence-corrected chi connectivity index (χ1v) is 6.85. The summed E-state index contributed by atoms with van der Waals surface area (Å²) in [7, 11) is 2.18. The summed E-state index contributed by atoms with van der Waals surface area (Å²) in [5.74, 6) is 0. The fraction of sp³-hybridized carbons (Fsp3) is 0.733. The van der Waals surface area contributed by atoms with Crippen LogP contribution in [0.3, 0.4) is 0 Å². The van der Waals surface area contributed by atoms with Crippen LogP contribution in [0.5, 0.6) is 0 Å². The molecule has 0 radical (unpaired) electrons. The van der Waals surface area contributed by atoms with E-state index in [2.05, 4.69) is 45.0 Å². The Morgan fingerprint density at radius 2 is 2.11 bits per heavy atom. The molecule has 0 aliphatic heterocycles. The fourth-order valence-corrected chi connectivity index (χ4v) is 1.91. The Labute approximate surface area is 112 Å². The van der Waals surface area contributed by atoms with Gasteiger partial charge in [0.1, 0.15) is 0 Å². The fourth-order valence-electron chi connectivity index (χ4n) is 1.91. The summed E-state index contributed by atoms with van der Waals surface area (Å²) in [5.41, 5.74) is 1.48. The molecular weight excluding hydrogens is 224 g/mol. The molecule has 0 spiro atoms. The third kappa shape index (κ3) is 6.22. The minimum Gasteiger partial charge on any atom is -0.472 e. The lowest BCUT2D eigenvalue weighted by atomic mass is 10.1. The van der Waals surface area contributed by atoms with Crippen LogP contribution in [0.25, 0.3) is 0 Å². The van der Waals surface area contributed by atoms with Crippen molar-refractivity contribution in [2.45, 2.75) is 58.7 Å². The number of hydrogen-bond acceptors (Lipinski definition) is 3. The van der Waals surface area contributed by atoms with Gasteiger partial charge in [0, 0.05) is 23.7 Å². The molecule has 0 bridgehead atoms. The first-order valence-electron chi connectivity index (χ1n) is 6.85. The minimum atomic E-state index is 0.228. The van der Waals surface area contributed by atoms with E-state index >= 15 is 0 Å². The quantitative estimate of drug-likeness (QED) is 0.755. The third-order valence-electron chi connectivity index (χ3n) is 3.22. The Morgan fingerprint density at radius 1 is 1.39 bits per heavy atom. The van der Waals surface area contributed by atoms with Crippen molar-refractivity contribution in [2.75, 3.05) is 13.6 Å². The predicted octanol–water partition coefficient (Wildman–Crippen LogP) is 3.27. The largest absolute Gasteiger partial charge is 0.472 e. The smallest absolute Gasteiger partial charge is 0.0947 e. The van der Waals surface area contributed by atoms with Crippen LogP contribution >= 0.6 is 0 Å². The lowest BCUT2D eigenvalue weighted by molar-refractivity contribution is 0.232. The van der Waals surface area contributed by atoms with Crippen molar-refractivity contribution in [1.29, 1.82) is 0 Å². The molecule has 1 unspecified atom stereocenters. The molecule has 104 valence electrons. The lowest BCUT2D eigenvalue weighted by Gasteiger charge is -2.25. The summed E-state index contributed by atoms with van der Waals surface area (Å²) in [5, 5.41) is 3.53. The first kappa shape index (κ1) is 15.3. The van der Waals surface area contributed by atoms with Gasteiger partial charge in [-0.1, -0.05) is 0 Å². The van der Waals surface area contributed by atoms with Crippen LogP contribution in [0.1, 0.15) is 46.1 Å². The van der Waals surface area contributed by atoms with Gasteiger partial charge < -0.3 is 9.73 Å². The second-order valence-corrected chi connectivity index (χ2v) is 6.21. The number of nitrogens with zero attached hydrogens (tertiary/aromatic N) is 1. The van der Waals surface area contributed by atoms with Crippen molar-refractivity contribution >= 4 is 0 Å². The van der Waals surface area contributed by atoms with E-state index in [1.54, 1.807) is 6.26 Å². The van der Waals surface area contributed by atoms with Crippen LogP contribution in [-0.2, 0) is 6.54 Å². The van der Waals surface area contributed by atoms with Crippen LogP contribution in [0, 0.1) is 0 Å². The second kappa shape index (κ2) is 6.95. The molecule has 0 aromatic carbocycles. The van der Waals surface area contributed by atoms with E-state index in [-0.39, 0.29) is 5.54 Å². The van der Waals surface area contributed by atoms with Gasteiger partial charge >= 0.3 is 0 Å². The normalized spacial score (nSPS) is 14.1. The second-order valence-electron chi connectivity index (χ2n) is 6.21. The number of furan rings is 1. The van der Waals surface area contributed by atoms with Gasteiger partial charge in [-0.3, -0.25) is 4.90 Å². The molecule has 1 aromatic rings. The van der Waals surface area contributed by atoms with E-state index in [1.807, 2.05) is 12.3 Å². The summed E-state index contributed by atoms with van der Waals surface area (Å²) < 4.78 is 5.09. The van der Waals surface area contributed by atoms with Gasteiger partial charge in [0.05, 0.1) is 12.5 Å². The Kier molecular flexibility index (Phi) is 5.89. The Bertz CT molecular complexity index is 314. The molecule has 0 saturated heterocycles. The molecule has 0 amide bonds. The van der Waals surface area contributed by atoms with E-state index in [1.165, 1.54) is 18.4 Å². The Hall–Kier alpha value is -0.800. The summed E-state index contributed by atoms with van der Waals surface area (Å²) in [4.78, 5) is 2.38. The van der Waals surface area contributed by atoms with Crippen molar-refractivity contribution in [3.05, 3.63) is 24.2 Å². The van der Waals surface area contributed by atoms with Crippen molar-refractivity contribution < 1.29 is 4.42 Å². The van der Waals surface area contributed by atoms with Crippen LogP contribution in [0.4, 0.5) is 0 Å². The molecule has 18 heavy (non-hydrogen) atoms. The molecule has 0 aliphatic rings. The third-order valence-corrected chi connectivity index (χ3v) is 3.22. The topological polar surface area (TPSA) is 28.4 Å². The molecule has 1 atom stereocenters. The van der Waals surface area contributed by atoms with E-state index in [9.17, 15) is 0 Å². The van der Waals surface area contributed by atoms with Crippen LogP contribution < -0.4 is 5.32 Å². The standard InChI is InChI=1S/C15H28N2O/c1-13(7-6-9-16-15(2,3)4)17(5)11-14-8-10-18-12-14/h8,10,12-13,16H,6-7,9,11H2,1-5H3. The first-order chi connectivity index (χ1) is 8.38. The van der Waals surface area contributed by atoms with E-state index in [4.69, 9.17) is 4.42 Å². The SMILES string of the molecule is CC(CCCNC(C)(C)C)N(C)Cc1ccoc1. The average molecular weight is 252 g/mol. The van der Waals surface area contributed by atoms with E-state index in [0.29, 0.717) is 6.04 Å². The van der Waals surface area contributed by atoms with Crippen molar-refractivity contribution in [2.24, 2.45) is 0 Å². The van der Waals surface area contributed by atoms with Gasteiger partial charge in [-0.15, -0.1) is 0 Å². The average Bonchev–Trinajstić information content (AvgIpc) is 2.75. The highest BCUT2D eigenvalue weighted by atomic mass is 16.3. The maximum Gasteiger partial charge on any atom is 0.0947 e. The van der Waals surface area contributed by atoms with Crippen LogP contribution in [-0.4, -0.2) is 30.1 Å². The monoisotopic (exact) mass is 252 g/mol. The summed E-state index contributed by atoms with van der Waals surface area (Å²) in [6.45, 7) is 11.0. The maximum absolute atomic E-state index is 5.09. The highest BCUT2D eigenvalue weighted by Gasteiger charge is 2.11. The number of nitrogens with one attached hydrogen (secondary N) is 1. The van der Waals surface area contributed by atoms with E-state index in [0.717, 1.165) is 13.1 Å². The van der Waals surface area contributed by atoms with Gasteiger partial charge in [-0.25, -0.2) is 0 Å². The predicted molar refractivity (Wildman–Crippen MR) is 76.6 cm³/mol. The molecule has 1 heterocycles. The zero-order valence-electron chi connectivity index (χ0n) is 12.5. The van der Waals surface area contributed by atoms with Crippen LogP contribution in [0.2, 0.25) is 0 Å².